The summed E-state index contributed by atoms with van der Waals surface area (Å²) < 4.78 is 0. The molecule has 4 aliphatic rings. The highest BCUT2D eigenvalue weighted by Crippen LogP contribution is 2.55. The molecule has 1 amide bonds. The van der Waals surface area contributed by atoms with Gasteiger partial charge in [0.1, 0.15) is 0 Å². The Kier molecular flexibility index (Phi) is 5.16. The number of ketones is 2. The van der Waals surface area contributed by atoms with E-state index in [4.69, 9.17) is 0 Å². The fourth-order valence-corrected chi connectivity index (χ4v) is 7.16. The van der Waals surface area contributed by atoms with Crippen LogP contribution in [-0.4, -0.2) is 28.0 Å². The normalized spacial score (nSPS) is 28.4. The fraction of sp³-hybridized carbons (Fsp3) is 0.500. The molecule has 1 aromatic carbocycles. The number of hydrogen-bond donors (Lipinski definition) is 2. The average molecular weight is 438 g/mol. The molecule has 6 rings (SSSR count). The molecule has 6 nitrogen and oxygen atoms in total. The highest BCUT2D eigenvalue weighted by atomic mass is 32.1. The number of nitrogens with one attached hydrogen (secondary N) is 2. The molecule has 2 aromatic rings. The molecule has 2 N–H and O–H groups in total. The van der Waals surface area contributed by atoms with Crippen LogP contribution >= 0.6 is 11.3 Å². The Bertz CT molecular complexity index is 995. The molecule has 0 aliphatic heterocycles. The van der Waals surface area contributed by atoms with E-state index in [1.165, 1.54) is 30.6 Å². The van der Waals surface area contributed by atoms with Gasteiger partial charge in [-0.2, -0.15) is 0 Å². The first kappa shape index (κ1) is 20.4. The fourth-order valence-electron chi connectivity index (χ4n) is 6.23. The number of hydrogen-bond acceptors (Lipinski definition) is 6. The number of amides is 1. The van der Waals surface area contributed by atoms with E-state index in [-0.39, 0.29) is 11.3 Å². The number of benzene rings is 1. The molecule has 0 radical (unpaired) electrons. The summed E-state index contributed by atoms with van der Waals surface area (Å²) in [5.41, 5.74) is 1.22. The zero-order chi connectivity index (χ0) is 21.6. The lowest BCUT2D eigenvalue weighted by molar-refractivity contribution is -0.141. The second-order valence-electron chi connectivity index (χ2n) is 9.60. The van der Waals surface area contributed by atoms with Gasteiger partial charge in [-0.05, 0) is 75.3 Å². The average Bonchev–Trinajstić information content (AvgIpc) is 3.07. The van der Waals surface area contributed by atoms with Crippen molar-refractivity contribution in [1.29, 1.82) is 0 Å². The van der Waals surface area contributed by atoms with Gasteiger partial charge in [0.25, 0.3) is 5.91 Å². The van der Waals surface area contributed by atoms with Crippen LogP contribution < -0.4 is 10.6 Å². The molecule has 162 valence electrons. The third-order valence-electron chi connectivity index (χ3n) is 7.07. The predicted molar refractivity (Wildman–Crippen MR) is 120 cm³/mol. The lowest BCUT2D eigenvalue weighted by Gasteiger charge is -2.56. The zero-order valence-electron chi connectivity index (χ0n) is 17.6. The van der Waals surface area contributed by atoms with Gasteiger partial charge < -0.3 is 10.6 Å². The van der Waals surface area contributed by atoms with Crippen molar-refractivity contribution in [2.75, 3.05) is 5.32 Å². The molecule has 4 fully saturated rings. The van der Waals surface area contributed by atoms with Gasteiger partial charge in [0.15, 0.2) is 10.9 Å². The van der Waals surface area contributed by atoms with Crippen LogP contribution in [-0.2, 0) is 9.59 Å². The number of carbonyl (C=O) groups excluding carboxylic acids is 3. The molecular weight excluding hydrogens is 410 g/mol. The van der Waals surface area contributed by atoms with E-state index >= 15 is 0 Å². The first-order valence-corrected chi connectivity index (χ1v) is 11.9. The van der Waals surface area contributed by atoms with E-state index in [1.54, 1.807) is 6.92 Å². The van der Waals surface area contributed by atoms with Crippen molar-refractivity contribution in [3.63, 3.8) is 0 Å². The van der Waals surface area contributed by atoms with Gasteiger partial charge >= 0.3 is 0 Å². The lowest BCUT2D eigenvalue weighted by Crippen LogP contribution is -2.60. The van der Waals surface area contributed by atoms with Gasteiger partial charge in [-0.25, -0.2) is 4.98 Å². The zero-order valence-corrected chi connectivity index (χ0v) is 18.5. The second kappa shape index (κ2) is 7.86. The Morgan fingerprint density at radius 2 is 1.65 bits per heavy atom. The number of Topliss-reactive ketones (excluding diaryl/α,β-unsaturated/α-hetero) is 2. The molecule has 4 bridgehead atoms. The highest BCUT2D eigenvalue weighted by molar-refractivity contribution is 7.17. The minimum absolute atomic E-state index is 0.224. The molecule has 0 saturated heterocycles. The van der Waals surface area contributed by atoms with Crippen molar-refractivity contribution in [2.45, 2.75) is 57.4 Å². The van der Waals surface area contributed by atoms with Gasteiger partial charge in [-0.1, -0.05) is 29.5 Å². The lowest BCUT2D eigenvalue weighted by atomic mass is 9.53. The molecule has 0 spiro atoms. The second-order valence-corrected chi connectivity index (χ2v) is 10.6. The van der Waals surface area contributed by atoms with E-state index in [2.05, 4.69) is 15.6 Å². The van der Waals surface area contributed by atoms with Crippen LogP contribution in [0.1, 0.15) is 60.3 Å². The van der Waals surface area contributed by atoms with Crippen LogP contribution in [0.5, 0.6) is 0 Å². The van der Waals surface area contributed by atoms with Crippen molar-refractivity contribution >= 4 is 39.6 Å². The molecule has 1 heterocycles. The first-order valence-electron chi connectivity index (χ1n) is 11.1. The van der Waals surface area contributed by atoms with Gasteiger partial charge in [-0.3, -0.25) is 14.4 Å². The van der Waals surface area contributed by atoms with Crippen molar-refractivity contribution in [1.82, 2.24) is 10.3 Å². The number of rotatable bonds is 7. The maximum absolute atomic E-state index is 12.8. The number of para-hydroxylation sites is 1. The molecule has 4 aliphatic carbocycles. The standard InChI is InChI=1S/C24H27N3O3S/c1-14-21(31-23(25-14)26-18-5-3-2-4-6-18)19(28)10-20(29)22(30)27-24-11-15-7-16(12-24)9-17(8-15)13-24/h2-6,15-17H,7-13H2,1H3,(H,25,26)(H,27,30). The summed E-state index contributed by atoms with van der Waals surface area (Å²) in [6, 6.07) is 9.58. The Morgan fingerprint density at radius 3 is 2.26 bits per heavy atom. The highest BCUT2D eigenvalue weighted by Gasteiger charge is 2.51. The summed E-state index contributed by atoms with van der Waals surface area (Å²) in [6.07, 6.45) is 6.34. The quantitative estimate of drug-likeness (QED) is 0.380. The summed E-state index contributed by atoms with van der Waals surface area (Å²) in [7, 11) is 0. The van der Waals surface area contributed by atoms with Crippen LogP contribution in [0.15, 0.2) is 30.3 Å². The number of carbonyl (C=O) groups is 3. The largest absolute Gasteiger partial charge is 0.344 e. The smallest absolute Gasteiger partial charge is 0.288 e. The maximum atomic E-state index is 12.8. The van der Waals surface area contributed by atoms with Crippen LogP contribution in [0.3, 0.4) is 0 Å². The van der Waals surface area contributed by atoms with Crippen LogP contribution in [0.4, 0.5) is 10.8 Å². The monoisotopic (exact) mass is 437 g/mol. The maximum Gasteiger partial charge on any atom is 0.288 e. The summed E-state index contributed by atoms with van der Waals surface area (Å²) in [5.74, 6) is 0.448. The Morgan fingerprint density at radius 1 is 1.03 bits per heavy atom. The van der Waals surface area contributed by atoms with Gasteiger partial charge in [0, 0.05) is 11.2 Å². The van der Waals surface area contributed by atoms with E-state index in [0.717, 1.165) is 24.9 Å². The predicted octanol–water partition coefficient (Wildman–Crippen LogP) is 4.42. The van der Waals surface area contributed by atoms with Crippen molar-refractivity contribution in [3.05, 3.63) is 40.9 Å². The summed E-state index contributed by atoms with van der Waals surface area (Å²) in [6.45, 7) is 1.75. The number of thiazole rings is 1. The number of aryl methyl sites for hydroxylation is 1. The van der Waals surface area contributed by atoms with E-state index < -0.39 is 18.1 Å². The van der Waals surface area contributed by atoms with Crippen molar-refractivity contribution in [2.24, 2.45) is 17.8 Å². The Balaban J connectivity index is 1.21. The third kappa shape index (κ3) is 4.15. The van der Waals surface area contributed by atoms with Crippen LogP contribution in [0, 0.1) is 24.7 Å². The molecule has 31 heavy (non-hydrogen) atoms. The van der Waals surface area contributed by atoms with Gasteiger partial charge in [-0.15, -0.1) is 0 Å². The third-order valence-corrected chi connectivity index (χ3v) is 8.18. The molecule has 4 saturated carbocycles. The SMILES string of the molecule is Cc1nc(Nc2ccccc2)sc1C(=O)CC(=O)C(=O)NC12CC3CC(CC(C3)C1)C2. The molecule has 1 aromatic heterocycles. The van der Waals surface area contributed by atoms with Crippen molar-refractivity contribution in [3.8, 4) is 0 Å². The first-order chi connectivity index (χ1) is 14.9. The Labute approximate surface area is 185 Å². The molecule has 0 atom stereocenters. The summed E-state index contributed by atoms with van der Waals surface area (Å²) >= 11 is 1.22. The molecule has 7 heteroatoms. The summed E-state index contributed by atoms with van der Waals surface area (Å²) in [4.78, 5) is 42.9. The van der Waals surface area contributed by atoms with E-state index in [0.29, 0.717) is 33.5 Å². The minimum atomic E-state index is -0.647. The van der Waals surface area contributed by atoms with Gasteiger partial charge in [0.2, 0.25) is 5.78 Å². The van der Waals surface area contributed by atoms with Crippen LogP contribution in [0.2, 0.25) is 0 Å². The number of anilines is 2. The molecular formula is C24H27N3O3S. The van der Waals surface area contributed by atoms with Crippen molar-refractivity contribution < 1.29 is 14.4 Å². The van der Waals surface area contributed by atoms with E-state index in [9.17, 15) is 14.4 Å². The van der Waals surface area contributed by atoms with Crippen LogP contribution in [0.25, 0.3) is 0 Å². The van der Waals surface area contributed by atoms with Gasteiger partial charge in [0.05, 0.1) is 17.0 Å². The Hall–Kier alpha value is -2.54. The minimum Gasteiger partial charge on any atom is -0.344 e. The number of nitrogens with zero attached hydrogens (tertiary/aromatic N) is 1. The summed E-state index contributed by atoms with van der Waals surface area (Å²) in [5, 5.41) is 6.84. The topological polar surface area (TPSA) is 88.2 Å². The number of aromatic nitrogens is 1. The van der Waals surface area contributed by atoms with E-state index in [1.807, 2.05) is 30.3 Å². The molecule has 0 unspecified atom stereocenters.